The van der Waals surface area contributed by atoms with Crippen molar-refractivity contribution in [2.24, 2.45) is 0 Å². The molecule has 0 radical (unpaired) electrons. The van der Waals surface area contributed by atoms with Gasteiger partial charge in [0.1, 0.15) is 6.33 Å². The number of aryl methyl sites for hydroxylation is 3. The highest BCUT2D eigenvalue weighted by Crippen LogP contribution is 2.37. The SMILES string of the molecule is Cc1cc(C)n(-c2ncnc(Nc3cc(Cl)c(C(C#N)c4ccc(Cl)cc4)cc3C)c2[N+](=O)[O-])n1. The average Bonchev–Trinajstić information content (AvgIpc) is 3.15. The van der Waals surface area contributed by atoms with Crippen LogP contribution >= 0.6 is 23.2 Å². The third-order valence-electron chi connectivity index (χ3n) is 5.44. The number of halogens is 2. The molecule has 0 saturated carbocycles. The summed E-state index contributed by atoms with van der Waals surface area (Å²) in [7, 11) is 0. The maximum Gasteiger partial charge on any atom is 0.355 e. The van der Waals surface area contributed by atoms with Gasteiger partial charge in [-0.2, -0.15) is 10.4 Å². The molecule has 2 aromatic heterocycles. The molecule has 2 aromatic carbocycles. The summed E-state index contributed by atoms with van der Waals surface area (Å²) in [5.74, 6) is -0.571. The van der Waals surface area contributed by atoms with Gasteiger partial charge in [0.05, 0.1) is 22.6 Å². The van der Waals surface area contributed by atoms with Crippen LogP contribution in [0.2, 0.25) is 10.0 Å². The fraction of sp³-hybridized carbons (Fsp3) is 0.167. The van der Waals surface area contributed by atoms with Crippen LogP contribution in [0.15, 0.2) is 48.8 Å². The maximum absolute atomic E-state index is 12.0. The molecular weight excluding hydrogens is 489 g/mol. The molecule has 4 aromatic rings. The standard InChI is InChI=1S/C24H19Cl2N7O2/c1-13-8-18(19(11-27)16-4-6-17(25)7-5-16)20(26)10-21(13)30-23-22(33(34)35)24(29-12-28-23)32-15(3)9-14(2)31-32/h4-10,12,19H,1-3H3,(H,28,29,30). The van der Waals surface area contributed by atoms with Crippen molar-refractivity contribution >= 4 is 40.4 Å². The molecule has 1 atom stereocenters. The van der Waals surface area contributed by atoms with E-state index in [9.17, 15) is 15.4 Å². The largest absolute Gasteiger partial charge is 0.355 e. The van der Waals surface area contributed by atoms with Gasteiger partial charge in [-0.3, -0.25) is 10.1 Å². The van der Waals surface area contributed by atoms with E-state index in [1.165, 1.54) is 11.0 Å². The van der Waals surface area contributed by atoms with E-state index < -0.39 is 10.8 Å². The molecule has 0 saturated heterocycles. The lowest BCUT2D eigenvalue weighted by molar-refractivity contribution is -0.384. The molecule has 0 aliphatic heterocycles. The van der Waals surface area contributed by atoms with E-state index in [0.29, 0.717) is 32.7 Å². The normalized spacial score (nSPS) is 11.7. The minimum atomic E-state index is -0.612. The van der Waals surface area contributed by atoms with Gasteiger partial charge < -0.3 is 5.32 Å². The number of hydrogen-bond acceptors (Lipinski definition) is 7. The van der Waals surface area contributed by atoms with Gasteiger partial charge in [0.15, 0.2) is 0 Å². The number of benzene rings is 2. The summed E-state index contributed by atoms with van der Waals surface area (Å²) in [5, 5.41) is 30.1. The number of rotatable bonds is 6. The van der Waals surface area contributed by atoms with Crippen molar-refractivity contribution in [2.75, 3.05) is 5.32 Å². The zero-order valence-electron chi connectivity index (χ0n) is 19.0. The number of aromatic nitrogens is 4. The lowest BCUT2D eigenvalue weighted by atomic mass is 9.91. The lowest BCUT2D eigenvalue weighted by Crippen LogP contribution is -2.10. The number of nitriles is 1. The molecule has 0 bridgehead atoms. The summed E-state index contributed by atoms with van der Waals surface area (Å²) in [5.41, 5.74) is 3.67. The van der Waals surface area contributed by atoms with Gasteiger partial charge in [0.25, 0.3) is 0 Å². The first-order chi connectivity index (χ1) is 16.7. The van der Waals surface area contributed by atoms with E-state index in [0.717, 1.165) is 11.1 Å². The van der Waals surface area contributed by atoms with Crippen molar-refractivity contribution in [1.29, 1.82) is 5.26 Å². The topological polar surface area (TPSA) is 123 Å². The quantitative estimate of drug-likeness (QED) is 0.243. The number of hydrogen-bond donors (Lipinski definition) is 1. The Bertz CT molecular complexity index is 1480. The molecule has 0 amide bonds. The summed E-state index contributed by atoms with van der Waals surface area (Å²) >= 11 is 12.6. The predicted molar refractivity (Wildman–Crippen MR) is 134 cm³/mol. The van der Waals surface area contributed by atoms with E-state index in [1.807, 2.05) is 6.92 Å². The molecule has 1 N–H and O–H groups in total. The monoisotopic (exact) mass is 507 g/mol. The highest BCUT2D eigenvalue weighted by molar-refractivity contribution is 6.32. The third kappa shape index (κ3) is 4.80. The molecule has 4 rings (SSSR count). The van der Waals surface area contributed by atoms with Crippen LogP contribution in [0.5, 0.6) is 0 Å². The van der Waals surface area contributed by atoms with E-state index in [2.05, 4.69) is 26.5 Å². The summed E-state index contributed by atoms with van der Waals surface area (Å²) < 4.78 is 1.41. The van der Waals surface area contributed by atoms with Gasteiger partial charge in [-0.05, 0) is 61.7 Å². The van der Waals surface area contributed by atoms with Crippen molar-refractivity contribution in [2.45, 2.75) is 26.7 Å². The summed E-state index contributed by atoms with van der Waals surface area (Å²) in [6, 6.07) is 14.5. The van der Waals surface area contributed by atoms with Crippen LogP contribution in [0.1, 0.15) is 34.0 Å². The van der Waals surface area contributed by atoms with Crippen LogP contribution in [-0.2, 0) is 0 Å². The van der Waals surface area contributed by atoms with Gasteiger partial charge in [0, 0.05) is 21.4 Å². The zero-order valence-corrected chi connectivity index (χ0v) is 20.5. The first kappa shape index (κ1) is 24.1. The van der Waals surface area contributed by atoms with Gasteiger partial charge in [-0.25, -0.2) is 14.6 Å². The molecule has 0 fully saturated rings. The number of anilines is 2. The van der Waals surface area contributed by atoms with E-state index in [4.69, 9.17) is 23.2 Å². The van der Waals surface area contributed by atoms with Crippen molar-refractivity contribution in [3.05, 3.63) is 97.0 Å². The molecular formula is C24H19Cl2N7O2. The summed E-state index contributed by atoms with van der Waals surface area (Å²) in [6.45, 7) is 5.39. The van der Waals surface area contributed by atoms with Gasteiger partial charge in [-0.15, -0.1) is 0 Å². The molecule has 0 aliphatic carbocycles. The van der Waals surface area contributed by atoms with E-state index >= 15 is 0 Å². The minimum Gasteiger partial charge on any atom is -0.334 e. The van der Waals surface area contributed by atoms with Crippen LogP contribution < -0.4 is 5.32 Å². The Hall–Kier alpha value is -4.00. The molecule has 2 heterocycles. The van der Waals surface area contributed by atoms with Gasteiger partial charge in [0.2, 0.25) is 11.6 Å². The number of nitro groups is 1. The Morgan fingerprint density at radius 3 is 2.43 bits per heavy atom. The van der Waals surface area contributed by atoms with Crippen molar-refractivity contribution in [3.63, 3.8) is 0 Å². The molecule has 176 valence electrons. The van der Waals surface area contributed by atoms with Crippen molar-refractivity contribution in [3.8, 4) is 11.9 Å². The fourth-order valence-corrected chi connectivity index (χ4v) is 4.19. The Labute approximate surface area is 211 Å². The molecule has 1 unspecified atom stereocenters. The minimum absolute atomic E-state index is 0.00555. The van der Waals surface area contributed by atoms with Crippen LogP contribution in [0.4, 0.5) is 17.2 Å². The first-order valence-corrected chi connectivity index (χ1v) is 11.2. The molecule has 9 nitrogen and oxygen atoms in total. The second kappa shape index (κ2) is 9.70. The Kier molecular flexibility index (Phi) is 6.69. The fourth-order valence-electron chi connectivity index (χ4n) is 3.79. The summed E-state index contributed by atoms with van der Waals surface area (Å²) in [4.78, 5) is 19.7. The highest BCUT2D eigenvalue weighted by atomic mass is 35.5. The average molecular weight is 508 g/mol. The Morgan fingerprint density at radius 2 is 1.83 bits per heavy atom. The van der Waals surface area contributed by atoms with E-state index in [1.54, 1.807) is 56.3 Å². The molecule has 0 aliphatic rings. The molecule has 35 heavy (non-hydrogen) atoms. The second-order valence-corrected chi connectivity index (χ2v) is 8.76. The lowest BCUT2D eigenvalue weighted by Gasteiger charge is -2.16. The zero-order chi connectivity index (χ0) is 25.3. The first-order valence-electron chi connectivity index (χ1n) is 10.4. The Balaban J connectivity index is 1.75. The van der Waals surface area contributed by atoms with Crippen LogP contribution in [0.25, 0.3) is 5.82 Å². The maximum atomic E-state index is 12.0. The van der Waals surface area contributed by atoms with Crippen molar-refractivity contribution < 1.29 is 4.92 Å². The van der Waals surface area contributed by atoms with Crippen LogP contribution in [0, 0.1) is 42.2 Å². The summed E-state index contributed by atoms with van der Waals surface area (Å²) in [6.07, 6.45) is 1.23. The highest BCUT2D eigenvalue weighted by Gasteiger charge is 2.27. The van der Waals surface area contributed by atoms with Crippen LogP contribution in [0.3, 0.4) is 0 Å². The predicted octanol–water partition coefficient (Wildman–Crippen LogP) is 6.20. The smallest absolute Gasteiger partial charge is 0.334 e. The molecule has 11 heteroatoms. The number of nitrogens with zero attached hydrogens (tertiary/aromatic N) is 6. The Morgan fingerprint density at radius 1 is 1.11 bits per heavy atom. The third-order valence-corrected chi connectivity index (χ3v) is 6.02. The number of nitrogens with one attached hydrogen (secondary N) is 1. The van der Waals surface area contributed by atoms with Crippen LogP contribution in [-0.4, -0.2) is 24.7 Å². The van der Waals surface area contributed by atoms with Gasteiger partial charge >= 0.3 is 5.69 Å². The molecule has 0 spiro atoms. The van der Waals surface area contributed by atoms with Gasteiger partial charge in [-0.1, -0.05) is 41.4 Å². The second-order valence-electron chi connectivity index (χ2n) is 7.92. The van der Waals surface area contributed by atoms with Crippen molar-refractivity contribution in [1.82, 2.24) is 19.7 Å². The van der Waals surface area contributed by atoms with E-state index in [-0.39, 0.29) is 17.3 Å².